The summed E-state index contributed by atoms with van der Waals surface area (Å²) in [6.45, 7) is 5.75. The van der Waals surface area contributed by atoms with E-state index in [-0.39, 0.29) is 5.75 Å². The largest absolute Gasteiger partial charge is 0.299 e. The number of sulfone groups is 1. The first kappa shape index (κ1) is 26.4. The summed E-state index contributed by atoms with van der Waals surface area (Å²) in [6.07, 6.45) is 4.69. The number of benzene rings is 3. The average molecular weight is 537 g/mol. The van der Waals surface area contributed by atoms with Gasteiger partial charge in [-0.3, -0.25) is 9.80 Å². The number of fused-ring (bicyclic) bond motifs is 1. The minimum atomic E-state index is -3.28. The van der Waals surface area contributed by atoms with Gasteiger partial charge in [-0.25, -0.2) is 8.42 Å². The summed E-state index contributed by atoms with van der Waals surface area (Å²) in [5, 5.41) is 0.820. The molecule has 4 nitrogen and oxygen atoms in total. The Hall–Kier alpha value is -2.18. The molecule has 0 N–H and O–H groups in total. The van der Waals surface area contributed by atoms with Crippen LogP contribution in [0.15, 0.2) is 77.7 Å². The van der Waals surface area contributed by atoms with Crippen molar-refractivity contribution < 1.29 is 8.42 Å². The normalized spacial score (nSPS) is 17.9. The highest BCUT2D eigenvalue weighted by Gasteiger charge is 2.24. The Morgan fingerprint density at radius 1 is 0.757 bits per heavy atom. The average Bonchev–Trinajstić information content (AvgIpc) is 3.12. The van der Waals surface area contributed by atoms with Gasteiger partial charge in [0.1, 0.15) is 0 Å². The predicted octanol–water partition coefficient (Wildman–Crippen LogP) is 6.02. The van der Waals surface area contributed by atoms with Crippen molar-refractivity contribution in [2.45, 2.75) is 50.1 Å². The highest BCUT2D eigenvalue weighted by molar-refractivity contribution is 7.91. The number of nitrogens with zero attached hydrogens (tertiary/aromatic N) is 2. The van der Waals surface area contributed by atoms with Crippen LogP contribution in [0.1, 0.15) is 41.5 Å². The first-order chi connectivity index (χ1) is 18.0. The molecule has 2 aliphatic rings. The molecule has 1 fully saturated rings. The number of likely N-dealkylation sites (tertiary alicyclic amines) is 1. The van der Waals surface area contributed by atoms with E-state index in [1.54, 1.807) is 0 Å². The highest BCUT2D eigenvalue weighted by Crippen LogP contribution is 2.27. The monoisotopic (exact) mass is 536 g/mol. The molecule has 0 bridgehead atoms. The molecule has 0 aromatic heterocycles. The van der Waals surface area contributed by atoms with E-state index in [1.165, 1.54) is 16.7 Å². The van der Waals surface area contributed by atoms with Gasteiger partial charge in [0, 0.05) is 31.2 Å². The summed E-state index contributed by atoms with van der Waals surface area (Å²) in [5.74, 6) is 0.700. The van der Waals surface area contributed by atoms with Gasteiger partial charge in [-0.05, 0) is 91.6 Å². The van der Waals surface area contributed by atoms with Crippen LogP contribution < -0.4 is 0 Å². The van der Waals surface area contributed by atoms with E-state index in [0.29, 0.717) is 10.8 Å². The molecule has 0 amide bonds. The fourth-order valence-electron chi connectivity index (χ4n) is 5.68. The second-order valence-corrected chi connectivity index (χ2v) is 13.1. The zero-order valence-corrected chi connectivity index (χ0v) is 23.1. The summed E-state index contributed by atoms with van der Waals surface area (Å²) < 4.78 is 26.5. The Balaban J connectivity index is 1.13. The van der Waals surface area contributed by atoms with E-state index < -0.39 is 9.84 Å². The van der Waals surface area contributed by atoms with E-state index in [9.17, 15) is 8.42 Å². The molecule has 196 valence electrons. The van der Waals surface area contributed by atoms with E-state index in [2.05, 4.69) is 52.3 Å². The molecule has 0 unspecified atom stereocenters. The Morgan fingerprint density at radius 3 is 2.19 bits per heavy atom. The van der Waals surface area contributed by atoms with Gasteiger partial charge >= 0.3 is 0 Å². The van der Waals surface area contributed by atoms with Gasteiger partial charge in [-0.15, -0.1) is 0 Å². The van der Waals surface area contributed by atoms with Crippen LogP contribution in [-0.2, 0) is 35.8 Å². The van der Waals surface area contributed by atoms with Crippen LogP contribution in [0.25, 0.3) is 0 Å². The first-order valence-electron chi connectivity index (χ1n) is 13.5. The Morgan fingerprint density at radius 2 is 1.43 bits per heavy atom. The van der Waals surface area contributed by atoms with Crippen molar-refractivity contribution in [2.24, 2.45) is 5.92 Å². The van der Waals surface area contributed by atoms with Gasteiger partial charge in [-0.2, -0.15) is 0 Å². The lowest BCUT2D eigenvalue weighted by atomic mass is 9.94. The molecule has 2 heterocycles. The third-order valence-corrected chi connectivity index (χ3v) is 10.1. The van der Waals surface area contributed by atoms with Gasteiger partial charge < -0.3 is 0 Å². The molecular formula is C31H37ClN2O2S. The van der Waals surface area contributed by atoms with Crippen molar-refractivity contribution in [1.29, 1.82) is 0 Å². The van der Waals surface area contributed by atoms with Crippen LogP contribution in [0.4, 0.5) is 0 Å². The van der Waals surface area contributed by atoms with E-state index >= 15 is 0 Å². The number of rotatable bonds is 8. The van der Waals surface area contributed by atoms with Crippen LogP contribution in [0.2, 0.25) is 5.02 Å². The summed E-state index contributed by atoms with van der Waals surface area (Å²) in [7, 11) is -3.28. The van der Waals surface area contributed by atoms with E-state index in [4.69, 9.17) is 11.6 Å². The molecule has 1 saturated heterocycles. The molecule has 0 radical (unpaired) electrons. The predicted molar refractivity (Wildman–Crippen MR) is 152 cm³/mol. The van der Waals surface area contributed by atoms with Crippen molar-refractivity contribution in [3.63, 3.8) is 0 Å². The number of hydrogen-bond donors (Lipinski definition) is 0. The van der Waals surface area contributed by atoms with Crippen LogP contribution in [0.3, 0.4) is 0 Å². The van der Waals surface area contributed by atoms with Gasteiger partial charge in [-0.1, -0.05) is 66.2 Å². The second-order valence-electron chi connectivity index (χ2n) is 10.6. The van der Waals surface area contributed by atoms with Crippen LogP contribution in [0, 0.1) is 5.92 Å². The first-order valence-corrected chi connectivity index (χ1v) is 15.6. The smallest absolute Gasteiger partial charge is 0.178 e. The van der Waals surface area contributed by atoms with Crippen molar-refractivity contribution in [1.82, 2.24) is 9.80 Å². The minimum absolute atomic E-state index is 0.237. The fourth-order valence-corrected chi connectivity index (χ4v) is 7.35. The Kier molecular flexibility index (Phi) is 8.66. The third-order valence-electron chi connectivity index (χ3n) is 8.03. The maximum absolute atomic E-state index is 13.3. The minimum Gasteiger partial charge on any atom is -0.299 e. The van der Waals surface area contributed by atoms with E-state index in [0.717, 1.165) is 82.0 Å². The number of hydrogen-bond acceptors (Lipinski definition) is 4. The lowest BCUT2D eigenvalue weighted by Gasteiger charge is -2.32. The molecule has 37 heavy (non-hydrogen) atoms. The van der Waals surface area contributed by atoms with Crippen molar-refractivity contribution in [3.8, 4) is 0 Å². The summed E-state index contributed by atoms with van der Waals surface area (Å²) in [4.78, 5) is 5.40. The standard InChI is InChI=1S/C31H37ClN2O2S/c32-31-9-5-4-8-29(31)24-34-17-12-25(13-18-34)16-21-37(35,36)30-11-10-27-14-19-33(20-15-28(27)22-30)23-26-6-2-1-3-7-26/h1-11,22,25H,12-21,23-24H2. The zero-order chi connectivity index (χ0) is 25.7. The second kappa shape index (κ2) is 12.1. The Bertz CT molecular complexity index is 1290. The van der Waals surface area contributed by atoms with Gasteiger partial charge in [0.2, 0.25) is 0 Å². The zero-order valence-electron chi connectivity index (χ0n) is 21.5. The fraction of sp³-hybridized carbons (Fsp3) is 0.419. The highest BCUT2D eigenvalue weighted by atomic mass is 35.5. The molecule has 0 aliphatic carbocycles. The lowest BCUT2D eigenvalue weighted by molar-refractivity contribution is 0.175. The van der Waals surface area contributed by atoms with Gasteiger partial charge in [0.25, 0.3) is 0 Å². The SMILES string of the molecule is O=S(=O)(CCC1CCN(Cc2ccccc2Cl)CC1)c1ccc2c(c1)CCN(Cc1ccccc1)CC2. The molecule has 0 atom stereocenters. The maximum atomic E-state index is 13.3. The molecular weight excluding hydrogens is 500 g/mol. The summed E-state index contributed by atoms with van der Waals surface area (Å²) in [6, 6.07) is 24.4. The van der Waals surface area contributed by atoms with Crippen molar-refractivity contribution in [2.75, 3.05) is 31.9 Å². The Labute approximate surface area is 227 Å². The maximum Gasteiger partial charge on any atom is 0.178 e. The molecule has 2 aliphatic heterocycles. The van der Waals surface area contributed by atoms with Crippen LogP contribution in [0.5, 0.6) is 0 Å². The van der Waals surface area contributed by atoms with Crippen LogP contribution >= 0.6 is 11.6 Å². The van der Waals surface area contributed by atoms with E-state index in [1.807, 2.05) is 30.3 Å². The third kappa shape index (κ3) is 7.02. The quantitative estimate of drug-likeness (QED) is 0.353. The lowest BCUT2D eigenvalue weighted by Crippen LogP contribution is -2.33. The molecule has 0 saturated carbocycles. The van der Waals surface area contributed by atoms with Crippen molar-refractivity contribution >= 4 is 21.4 Å². The van der Waals surface area contributed by atoms with Crippen LogP contribution in [-0.4, -0.2) is 50.1 Å². The van der Waals surface area contributed by atoms with Gasteiger partial charge in [0.15, 0.2) is 9.84 Å². The van der Waals surface area contributed by atoms with Crippen molar-refractivity contribution in [3.05, 3.63) is 100 Å². The molecule has 3 aromatic carbocycles. The molecule has 5 rings (SSSR count). The molecule has 6 heteroatoms. The molecule has 3 aromatic rings. The summed E-state index contributed by atoms with van der Waals surface area (Å²) in [5.41, 5.74) is 4.98. The number of piperidine rings is 1. The molecule has 0 spiro atoms. The topological polar surface area (TPSA) is 40.6 Å². The summed E-state index contributed by atoms with van der Waals surface area (Å²) >= 11 is 6.33. The number of halogens is 1. The van der Waals surface area contributed by atoms with Gasteiger partial charge in [0.05, 0.1) is 10.6 Å².